The Bertz CT molecular complexity index is 802. The van der Waals surface area contributed by atoms with Crippen molar-refractivity contribution >= 4 is 11.9 Å². The van der Waals surface area contributed by atoms with Crippen LogP contribution < -0.4 is 5.32 Å². The van der Waals surface area contributed by atoms with Crippen molar-refractivity contribution in [3.63, 3.8) is 0 Å². The first-order valence-electron chi connectivity index (χ1n) is 12.1. The molecule has 4 heteroatoms. The number of carbonyl (C=O) groups is 2. The van der Waals surface area contributed by atoms with Gasteiger partial charge in [-0.05, 0) is 43.1 Å². The van der Waals surface area contributed by atoms with Gasteiger partial charge in [-0.15, -0.1) is 0 Å². The van der Waals surface area contributed by atoms with Crippen LogP contribution >= 0.6 is 0 Å². The normalized spacial score (nSPS) is 30.5. The zero-order valence-electron chi connectivity index (χ0n) is 21.7. The second-order valence-corrected chi connectivity index (χ2v) is 5.75. The van der Waals surface area contributed by atoms with Crippen molar-refractivity contribution in [2.24, 2.45) is 17.7 Å². The molecule has 0 unspecified atom stereocenters. The minimum absolute atomic E-state index is 0.00167. The third-order valence-corrected chi connectivity index (χ3v) is 4.12. The number of hydrogen-bond donors (Lipinski definition) is 2. The lowest BCUT2D eigenvalue weighted by molar-refractivity contribution is -0.142. The van der Waals surface area contributed by atoms with Crippen molar-refractivity contribution in [3.8, 4) is 0 Å². The molecule has 0 aromatic heterocycles. The summed E-state index contributed by atoms with van der Waals surface area (Å²) in [6.45, 7) is -6.09. The van der Waals surface area contributed by atoms with Gasteiger partial charge in [0, 0.05) is 24.6 Å². The van der Waals surface area contributed by atoms with Crippen LogP contribution in [0.5, 0.6) is 0 Å². The first-order valence-corrected chi connectivity index (χ1v) is 7.62. The number of rotatable bonds is 6. The Morgan fingerprint density at radius 1 is 1.30 bits per heavy atom. The number of benzene rings is 1. The molecule has 0 saturated heterocycles. The maximum absolute atomic E-state index is 12.7. The van der Waals surface area contributed by atoms with Gasteiger partial charge in [-0.3, -0.25) is 4.79 Å². The van der Waals surface area contributed by atoms with E-state index >= 15 is 0 Å². The second-order valence-electron chi connectivity index (χ2n) is 5.75. The van der Waals surface area contributed by atoms with Crippen molar-refractivity contribution < 1.29 is 27.0 Å². The summed E-state index contributed by atoms with van der Waals surface area (Å²) >= 11 is 0. The van der Waals surface area contributed by atoms with Gasteiger partial charge in [-0.1, -0.05) is 44.0 Å². The standard InChI is InChI=1S/C19H27NO3/c1-13(2)15-8-10-16(11-9-15)18(21)20-17(19(22)23)12-14-6-4-3-5-7-14/h3-7,13,15-17H,8-12H2,1-2H3,(H,20,21)(H,22,23)/t15-,16-,17-/m1/s1/i1D3,2D3,12D2,13D. The predicted molar refractivity (Wildman–Crippen MR) is 90.0 cm³/mol. The summed E-state index contributed by atoms with van der Waals surface area (Å²) in [7, 11) is 0. The monoisotopic (exact) mass is 326 g/mol. The zero-order valence-corrected chi connectivity index (χ0v) is 12.7. The van der Waals surface area contributed by atoms with Crippen LogP contribution in [-0.4, -0.2) is 23.0 Å². The van der Waals surface area contributed by atoms with E-state index in [1.54, 1.807) is 18.2 Å². The number of aliphatic carboxylic acids is 1. The maximum Gasteiger partial charge on any atom is 0.326 e. The number of hydrogen-bond acceptors (Lipinski definition) is 2. The molecule has 0 radical (unpaired) electrons. The van der Waals surface area contributed by atoms with Crippen LogP contribution in [0.15, 0.2) is 30.3 Å². The van der Waals surface area contributed by atoms with E-state index in [4.69, 9.17) is 12.3 Å². The molecule has 0 aliphatic heterocycles. The molecular formula is C19H27NO3. The van der Waals surface area contributed by atoms with E-state index in [1.165, 1.54) is 12.1 Å². The highest BCUT2D eigenvalue weighted by Gasteiger charge is 2.30. The molecule has 1 amide bonds. The Kier molecular flexibility index (Phi) is 3.13. The Labute approximate surface area is 150 Å². The van der Waals surface area contributed by atoms with Gasteiger partial charge in [-0.25, -0.2) is 4.79 Å². The van der Waals surface area contributed by atoms with Gasteiger partial charge >= 0.3 is 5.97 Å². The number of carboxylic acids is 1. The van der Waals surface area contributed by atoms with Gasteiger partial charge in [0.2, 0.25) is 5.91 Å². The molecular weight excluding hydrogens is 290 g/mol. The fourth-order valence-electron chi connectivity index (χ4n) is 2.76. The molecule has 1 aliphatic rings. The largest absolute Gasteiger partial charge is 0.480 e. The third-order valence-electron chi connectivity index (χ3n) is 4.12. The fraction of sp³-hybridized carbons (Fsp3) is 0.579. The lowest BCUT2D eigenvalue weighted by Crippen LogP contribution is -2.45. The molecule has 0 bridgehead atoms. The predicted octanol–water partition coefficient (Wildman–Crippen LogP) is 3.26. The van der Waals surface area contributed by atoms with Gasteiger partial charge < -0.3 is 10.4 Å². The van der Waals surface area contributed by atoms with E-state index < -0.39 is 55.7 Å². The van der Waals surface area contributed by atoms with Gasteiger partial charge in [0.05, 0.1) is 0 Å². The van der Waals surface area contributed by atoms with E-state index in [0.717, 1.165) is 0 Å². The molecule has 0 heterocycles. The summed E-state index contributed by atoms with van der Waals surface area (Å²) in [6.07, 6.45) is -2.24. The van der Waals surface area contributed by atoms with Crippen molar-refractivity contribution in [2.75, 3.05) is 0 Å². The Morgan fingerprint density at radius 3 is 2.52 bits per heavy atom. The van der Waals surface area contributed by atoms with Gasteiger partial charge in [-0.2, -0.15) is 0 Å². The fourth-order valence-corrected chi connectivity index (χ4v) is 2.76. The van der Waals surface area contributed by atoms with Crippen molar-refractivity contribution in [1.29, 1.82) is 0 Å². The number of carbonyl (C=O) groups excluding carboxylic acids is 1. The van der Waals surface area contributed by atoms with E-state index in [9.17, 15) is 14.7 Å². The molecule has 23 heavy (non-hydrogen) atoms. The molecule has 1 aromatic rings. The lowest BCUT2D eigenvalue weighted by Gasteiger charge is -2.30. The summed E-state index contributed by atoms with van der Waals surface area (Å²) in [4.78, 5) is 24.5. The van der Waals surface area contributed by atoms with Crippen LogP contribution in [0.4, 0.5) is 0 Å². The molecule has 1 aromatic carbocycles. The first-order chi connectivity index (χ1) is 14.5. The highest BCUT2D eigenvalue weighted by Crippen LogP contribution is 2.33. The van der Waals surface area contributed by atoms with E-state index in [-0.39, 0.29) is 31.2 Å². The van der Waals surface area contributed by atoms with Crippen LogP contribution in [-0.2, 0) is 16.0 Å². The number of carboxylic acid groups (broad SMARTS) is 1. The van der Waals surface area contributed by atoms with E-state index in [2.05, 4.69) is 5.32 Å². The molecule has 2 N–H and O–H groups in total. The SMILES string of the molecule is [2H]C([2H])(c1ccccc1)[C@@H](NC(=O)[C@H]1CC[C@H](C([2H])(C([2H])([2H])[2H])C([2H])([2H])[2H])CC1)C(=O)O. The van der Waals surface area contributed by atoms with E-state index in [0.29, 0.717) is 0 Å². The van der Waals surface area contributed by atoms with Crippen molar-refractivity contribution in [1.82, 2.24) is 5.32 Å². The quantitative estimate of drug-likeness (QED) is 0.843. The molecule has 0 spiro atoms. The van der Waals surface area contributed by atoms with Crippen LogP contribution in [0.1, 0.15) is 57.3 Å². The van der Waals surface area contributed by atoms with Crippen molar-refractivity contribution in [2.45, 2.75) is 51.8 Å². The summed E-state index contributed by atoms with van der Waals surface area (Å²) in [5.41, 5.74) is 0.0887. The van der Waals surface area contributed by atoms with Crippen molar-refractivity contribution in [3.05, 3.63) is 35.9 Å². The molecule has 1 fully saturated rings. The Balaban J connectivity index is 2.13. The summed E-state index contributed by atoms with van der Waals surface area (Å²) < 4.78 is 70.4. The van der Waals surface area contributed by atoms with Gasteiger partial charge in [0.25, 0.3) is 0 Å². The van der Waals surface area contributed by atoms with Gasteiger partial charge in [0.15, 0.2) is 0 Å². The molecule has 2 rings (SSSR count). The molecule has 1 saturated carbocycles. The third kappa shape index (κ3) is 5.08. The number of nitrogens with one attached hydrogen (secondary N) is 1. The summed E-state index contributed by atoms with van der Waals surface area (Å²) in [6, 6.07) is 5.75. The average molecular weight is 326 g/mol. The second kappa shape index (κ2) is 8.14. The Hall–Kier alpha value is -1.84. The highest BCUT2D eigenvalue weighted by atomic mass is 16.4. The lowest BCUT2D eigenvalue weighted by atomic mass is 9.76. The molecule has 4 nitrogen and oxygen atoms in total. The highest BCUT2D eigenvalue weighted by molar-refractivity contribution is 5.85. The van der Waals surface area contributed by atoms with Gasteiger partial charge in [0.1, 0.15) is 6.04 Å². The zero-order chi connectivity index (χ0) is 24.5. The van der Waals surface area contributed by atoms with Crippen LogP contribution in [0.25, 0.3) is 0 Å². The average Bonchev–Trinajstić information content (AvgIpc) is 2.70. The smallest absolute Gasteiger partial charge is 0.326 e. The molecule has 1 aliphatic carbocycles. The van der Waals surface area contributed by atoms with E-state index in [1.807, 2.05) is 0 Å². The minimum Gasteiger partial charge on any atom is -0.480 e. The minimum atomic E-state index is -3.04. The topological polar surface area (TPSA) is 66.4 Å². The maximum atomic E-state index is 12.7. The number of amides is 1. The molecule has 1 atom stereocenters. The molecule has 126 valence electrons. The first kappa shape index (κ1) is 8.86. The Morgan fingerprint density at radius 2 is 1.96 bits per heavy atom. The summed E-state index contributed by atoms with van der Waals surface area (Å²) in [5.74, 6) is -6.64. The van der Waals surface area contributed by atoms with Crippen LogP contribution in [0, 0.1) is 17.7 Å². The van der Waals surface area contributed by atoms with Crippen LogP contribution in [0.2, 0.25) is 0 Å². The van der Waals surface area contributed by atoms with Crippen LogP contribution in [0.3, 0.4) is 0 Å². The summed E-state index contributed by atoms with van der Waals surface area (Å²) in [5, 5.41) is 11.8.